The first-order chi connectivity index (χ1) is 7.68. The number of piperidine rings is 1. The van der Waals surface area contributed by atoms with Crippen LogP contribution in [0.25, 0.3) is 0 Å². The second-order valence-electron chi connectivity index (χ2n) is 4.75. The van der Waals surface area contributed by atoms with E-state index in [9.17, 15) is 5.11 Å². The molecule has 0 radical (unpaired) electrons. The van der Waals surface area contributed by atoms with Gasteiger partial charge < -0.3 is 10.4 Å². The molecule has 2 heterocycles. The van der Waals surface area contributed by atoms with Gasteiger partial charge in [-0.25, -0.2) is 9.97 Å². The molecule has 4 nitrogen and oxygen atoms in total. The molecule has 0 amide bonds. The maximum atomic E-state index is 10.4. The van der Waals surface area contributed by atoms with Gasteiger partial charge in [0.05, 0.1) is 5.60 Å². The Kier molecular flexibility index (Phi) is 3.51. The minimum Gasteiger partial charge on any atom is -0.385 e. The van der Waals surface area contributed by atoms with Crippen LogP contribution in [0.5, 0.6) is 0 Å². The molecule has 0 saturated carbocycles. The van der Waals surface area contributed by atoms with Crippen molar-refractivity contribution in [3.8, 4) is 0 Å². The second kappa shape index (κ2) is 4.89. The van der Waals surface area contributed by atoms with Crippen molar-refractivity contribution in [2.75, 3.05) is 6.54 Å². The van der Waals surface area contributed by atoms with Crippen molar-refractivity contribution in [3.05, 3.63) is 24.3 Å². The van der Waals surface area contributed by atoms with Crippen molar-refractivity contribution in [1.82, 2.24) is 15.3 Å². The monoisotopic (exact) mass is 221 g/mol. The number of aromatic nitrogens is 2. The Morgan fingerprint density at radius 3 is 2.81 bits per heavy atom. The lowest BCUT2D eigenvalue weighted by atomic mass is 9.88. The normalized spacial score (nSPS) is 25.0. The smallest absolute Gasteiger partial charge is 0.115 e. The molecule has 2 unspecified atom stereocenters. The van der Waals surface area contributed by atoms with Gasteiger partial charge in [0.15, 0.2) is 0 Å². The molecule has 2 rings (SSSR count). The van der Waals surface area contributed by atoms with E-state index >= 15 is 0 Å². The lowest BCUT2D eigenvalue weighted by molar-refractivity contribution is 0.0325. The molecule has 88 valence electrons. The van der Waals surface area contributed by atoms with Crippen LogP contribution in [0.3, 0.4) is 0 Å². The van der Waals surface area contributed by atoms with E-state index < -0.39 is 5.60 Å². The number of hydrogen-bond donors (Lipinski definition) is 2. The Hall–Kier alpha value is -1.00. The predicted octanol–water partition coefficient (Wildman–Crippen LogP) is 1.22. The van der Waals surface area contributed by atoms with Gasteiger partial charge in [0, 0.05) is 24.0 Å². The lowest BCUT2D eigenvalue weighted by Crippen LogP contribution is -2.39. The summed E-state index contributed by atoms with van der Waals surface area (Å²) in [5, 5.41) is 13.9. The quantitative estimate of drug-likeness (QED) is 0.805. The molecule has 0 spiro atoms. The molecule has 2 N–H and O–H groups in total. The van der Waals surface area contributed by atoms with Gasteiger partial charge in [-0.05, 0) is 32.7 Å². The summed E-state index contributed by atoms with van der Waals surface area (Å²) in [5.41, 5.74) is -0.0432. The molecule has 16 heavy (non-hydrogen) atoms. The van der Waals surface area contributed by atoms with Crippen LogP contribution in [0.15, 0.2) is 18.7 Å². The number of nitrogens with one attached hydrogen (secondary N) is 1. The fraction of sp³-hybridized carbons (Fsp3) is 0.667. The highest BCUT2D eigenvalue weighted by atomic mass is 16.3. The largest absolute Gasteiger partial charge is 0.385 e. The van der Waals surface area contributed by atoms with E-state index in [0.29, 0.717) is 6.04 Å². The van der Waals surface area contributed by atoms with Gasteiger partial charge in [-0.2, -0.15) is 0 Å². The van der Waals surface area contributed by atoms with Gasteiger partial charge in [-0.15, -0.1) is 0 Å². The fourth-order valence-corrected chi connectivity index (χ4v) is 2.27. The van der Waals surface area contributed by atoms with Crippen LogP contribution >= 0.6 is 0 Å². The number of hydrogen-bond acceptors (Lipinski definition) is 4. The van der Waals surface area contributed by atoms with Crippen LogP contribution in [0.1, 0.15) is 38.2 Å². The van der Waals surface area contributed by atoms with Crippen LogP contribution in [0.2, 0.25) is 0 Å². The number of rotatable bonds is 3. The van der Waals surface area contributed by atoms with E-state index in [4.69, 9.17) is 0 Å². The van der Waals surface area contributed by atoms with E-state index in [1.165, 1.54) is 19.2 Å². The van der Waals surface area contributed by atoms with Crippen LogP contribution in [0, 0.1) is 0 Å². The zero-order valence-electron chi connectivity index (χ0n) is 9.69. The number of nitrogens with zero attached hydrogens (tertiary/aromatic N) is 2. The fourth-order valence-electron chi connectivity index (χ4n) is 2.27. The zero-order valence-corrected chi connectivity index (χ0v) is 9.69. The van der Waals surface area contributed by atoms with Crippen molar-refractivity contribution in [2.45, 2.75) is 44.2 Å². The van der Waals surface area contributed by atoms with Gasteiger partial charge in [-0.3, -0.25) is 0 Å². The highest BCUT2D eigenvalue weighted by molar-refractivity contribution is 5.13. The molecule has 1 aromatic heterocycles. The lowest BCUT2D eigenvalue weighted by Gasteiger charge is -2.31. The molecule has 1 saturated heterocycles. The maximum absolute atomic E-state index is 10.4. The van der Waals surface area contributed by atoms with Crippen molar-refractivity contribution >= 4 is 0 Å². The Morgan fingerprint density at radius 2 is 2.19 bits per heavy atom. The van der Waals surface area contributed by atoms with Gasteiger partial charge in [0.1, 0.15) is 6.33 Å². The molecule has 1 aliphatic heterocycles. The minimum absolute atomic E-state index is 0.406. The van der Waals surface area contributed by atoms with E-state index in [-0.39, 0.29) is 0 Å². The average molecular weight is 221 g/mol. The van der Waals surface area contributed by atoms with Gasteiger partial charge in [0.2, 0.25) is 0 Å². The Labute approximate surface area is 96.1 Å². The van der Waals surface area contributed by atoms with Gasteiger partial charge >= 0.3 is 0 Å². The molecule has 0 aliphatic carbocycles. The van der Waals surface area contributed by atoms with E-state index in [2.05, 4.69) is 15.3 Å². The summed E-state index contributed by atoms with van der Waals surface area (Å²) in [6.45, 7) is 2.90. The van der Waals surface area contributed by atoms with E-state index in [0.717, 1.165) is 24.9 Å². The summed E-state index contributed by atoms with van der Waals surface area (Å²) in [7, 11) is 0. The Balaban J connectivity index is 2.01. The van der Waals surface area contributed by atoms with Crippen LogP contribution in [-0.2, 0) is 5.60 Å². The number of aliphatic hydroxyl groups is 1. The predicted molar refractivity (Wildman–Crippen MR) is 61.9 cm³/mol. The third-order valence-electron chi connectivity index (χ3n) is 3.24. The van der Waals surface area contributed by atoms with Crippen LogP contribution < -0.4 is 5.32 Å². The highest BCUT2D eigenvalue weighted by Crippen LogP contribution is 2.27. The third kappa shape index (κ3) is 2.77. The summed E-state index contributed by atoms with van der Waals surface area (Å²) in [6, 6.07) is 0.406. The summed E-state index contributed by atoms with van der Waals surface area (Å²) in [5.74, 6) is 0. The zero-order chi connectivity index (χ0) is 11.4. The highest BCUT2D eigenvalue weighted by Gasteiger charge is 2.28. The molecule has 0 aromatic carbocycles. The SMILES string of the molecule is CC(O)(CC1CCCCN1)c1cncnc1. The van der Waals surface area contributed by atoms with Crippen molar-refractivity contribution in [3.63, 3.8) is 0 Å². The molecule has 2 atom stereocenters. The maximum Gasteiger partial charge on any atom is 0.115 e. The molecular weight excluding hydrogens is 202 g/mol. The topological polar surface area (TPSA) is 58.0 Å². The summed E-state index contributed by atoms with van der Waals surface area (Å²) in [6.07, 6.45) is 9.22. The van der Waals surface area contributed by atoms with Gasteiger partial charge in [0.25, 0.3) is 0 Å². The Morgan fingerprint density at radius 1 is 1.44 bits per heavy atom. The molecule has 0 bridgehead atoms. The van der Waals surface area contributed by atoms with Crippen LogP contribution in [-0.4, -0.2) is 27.7 Å². The average Bonchev–Trinajstić information content (AvgIpc) is 2.31. The Bertz CT molecular complexity index is 320. The molecule has 1 fully saturated rings. The van der Waals surface area contributed by atoms with E-state index in [1.54, 1.807) is 12.4 Å². The molecular formula is C12H19N3O. The first kappa shape index (κ1) is 11.5. The van der Waals surface area contributed by atoms with Crippen LogP contribution in [0.4, 0.5) is 0 Å². The second-order valence-corrected chi connectivity index (χ2v) is 4.75. The third-order valence-corrected chi connectivity index (χ3v) is 3.24. The van der Waals surface area contributed by atoms with Gasteiger partial charge in [-0.1, -0.05) is 6.42 Å². The summed E-state index contributed by atoms with van der Waals surface area (Å²) >= 11 is 0. The summed E-state index contributed by atoms with van der Waals surface area (Å²) in [4.78, 5) is 7.91. The standard InChI is InChI=1S/C12H19N3O/c1-12(16,10-7-13-9-14-8-10)6-11-4-2-3-5-15-11/h7-9,11,15-16H,2-6H2,1H3. The van der Waals surface area contributed by atoms with Crippen molar-refractivity contribution in [1.29, 1.82) is 0 Å². The molecule has 1 aromatic rings. The minimum atomic E-state index is -0.837. The van der Waals surface area contributed by atoms with Crippen molar-refractivity contribution < 1.29 is 5.11 Å². The molecule has 1 aliphatic rings. The first-order valence-electron chi connectivity index (χ1n) is 5.90. The van der Waals surface area contributed by atoms with E-state index in [1.807, 2.05) is 6.92 Å². The first-order valence-corrected chi connectivity index (χ1v) is 5.90. The molecule has 4 heteroatoms. The summed E-state index contributed by atoms with van der Waals surface area (Å²) < 4.78 is 0. The van der Waals surface area contributed by atoms with Crippen molar-refractivity contribution in [2.24, 2.45) is 0 Å².